The number of amides is 1. The van der Waals surface area contributed by atoms with Crippen molar-refractivity contribution in [1.29, 1.82) is 0 Å². The molecule has 1 heterocycles. The van der Waals surface area contributed by atoms with Gasteiger partial charge in [0.2, 0.25) is 5.91 Å². The molecule has 0 bridgehead atoms. The molecule has 3 N–H and O–H groups in total. The van der Waals surface area contributed by atoms with Gasteiger partial charge in [-0.1, -0.05) is 6.92 Å². The number of hydrogen-bond acceptors (Lipinski definition) is 4. The number of carbonyl (C=O) groups excluding carboxylic acids is 1. The number of carbonyl (C=O) groups is 1. The molecule has 0 radical (unpaired) electrons. The molecule has 1 fully saturated rings. The lowest BCUT2D eigenvalue weighted by molar-refractivity contribution is -0.124. The lowest BCUT2D eigenvalue weighted by atomic mass is 9.91. The van der Waals surface area contributed by atoms with Crippen LogP contribution in [0, 0.1) is 0 Å². The molecule has 19 heavy (non-hydrogen) atoms. The van der Waals surface area contributed by atoms with E-state index < -0.39 is 5.54 Å². The van der Waals surface area contributed by atoms with Crippen molar-refractivity contribution in [2.75, 3.05) is 39.8 Å². The number of hydrogen-bond donors (Lipinski definition) is 2. The number of rotatable bonds is 7. The first-order valence-electron chi connectivity index (χ1n) is 7.36. The number of likely N-dealkylation sites (N-methyl/N-ethyl adjacent to an activating group) is 1. The lowest BCUT2D eigenvalue weighted by Crippen LogP contribution is -2.58. The maximum Gasteiger partial charge on any atom is 0.237 e. The van der Waals surface area contributed by atoms with E-state index >= 15 is 0 Å². The highest BCUT2D eigenvalue weighted by Crippen LogP contribution is 2.17. The molecule has 0 aromatic carbocycles. The van der Waals surface area contributed by atoms with Gasteiger partial charge in [-0.05, 0) is 40.3 Å². The van der Waals surface area contributed by atoms with Gasteiger partial charge in [-0.3, -0.25) is 9.69 Å². The summed E-state index contributed by atoms with van der Waals surface area (Å²) in [6.07, 6.45) is 1.78. The van der Waals surface area contributed by atoms with Crippen molar-refractivity contribution in [3.8, 4) is 0 Å². The summed E-state index contributed by atoms with van der Waals surface area (Å²) in [6.45, 7) is 11.4. The number of nitrogens with one attached hydrogen (secondary N) is 1. The minimum absolute atomic E-state index is 0.248. The normalized spacial score (nSPS) is 22.9. The Balaban J connectivity index is 2.55. The molecule has 5 nitrogen and oxygen atoms in total. The third kappa shape index (κ3) is 4.75. The first-order chi connectivity index (χ1) is 8.89. The molecule has 2 unspecified atom stereocenters. The summed E-state index contributed by atoms with van der Waals surface area (Å²) < 4.78 is 0. The molecule has 1 amide bonds. The van der Waals surface area contributed by atoms with Gasteiger partial charge in [0, 0.05) is 32.2 Å². The molecule has 0 aromatic rings. The molecule has 0 aromatic heterocycles. The van der Waals surface area contributed by atoms with E-state index in [-0.39, 0.29) is 5.91 Å². The SMILES string of the molecule is CCCNC(C)(CC(C)N1CCN(C)CC1)C(N)=O. The molecular formula is C14H30N4O. The summed E-state index contributed by atoms with van der Waals surface area (Å²) in [6, 6.07) is 0.371. The summed E-state index contributed by atoms with van der Waals surface area (Å²) in [5, 5.41) is 3.31. The van der Waals surface area contributed by atoms with Crippen LogP contribution in [0.4, 0.5) is 0 Å². The fourth-order valence-corrected chi connectivity index (χ4v) is 2.64. The van der Waals surface area contributed by atoms with Gasteiger partial charge in [0.1, 0.15) is 0 Å². The highest BCUT2D eigenvalue weighted by Gasteiger charge is 2.34. The average Bonchev–Trinajstić information content (AvgIpc) is 2.36. The van der Waals surface area contributed by atoms with Crippen molar-refractivity contribution in [1.82, 2.24) is 15.1 Å². The second kappa shape index (κ2) is 7.22. The van der Waals surface area contributed by atoms with Gasteiger partial charge < -0.3 is 16.0 Å². The molecule has 0 spiro atoms. The van der Waals surface area contributed by atoms with E-state index in [1.807, 2.05) is 6.92 Å². The van der Waals surface area contributed by atoms with E-state index in [1.165, 1.54) is 0 Å². The van der Waals surface area contributed by atoms with Gasteiger partial charge in [-0.25, -0.2) is 0 Å². The first kappa shape index (κ1) is 16.4. The minimum atomic E-state index is -0.598. The summed E-state index contributed by atoms with van der Waals surface area (Å²) in [5.41, 5.74) is 4.99. The Morgan fingerprint density at radius 1 is 1.37 bits per heavy atom. The van der Waals surface area contributed by atoms with Crippen molar-refractivity contribution >= 4 is 5.91 Å². The van der Waals surface area contributed by atoms with Crippen molar-refractivity contribution in [2.45, 2.75) is 45.2 Å². The summed E-state index contributed by atoms with van der Waals surface area (Å²) in [4.78, 5) is 16.5. The van der Waals surface area contributed by atoms with Crippen LogP contribution in [0.1, 0.15) is 33.6 Å². The van der Waals surface area contributed by atoms with Crippen molar-refractivity contribution in [3.63, 3.8) is 0 Å². The average molecular weight is 270 g/mol. The summed E-state index contributed by atoms with van der Waals surface area (Å²) in [7, 11) is 2.15. The molecule has 1 aliphatic heterocycles. The second-order valence-corrected chi connectivity index (χ2v) is 6.02. The van der Waals surface area contributed by atoms with Crippen LogP contribution in [0.2, 0.25) is 0 Å². The molecule has 1 aliphatic rings. The van der Waals surface area contributed by atoms with Gasteiger partial charge in [0.15, 0.2) is 0 Å². The standard InChI is InChI=1S/C14H30N4O/c1-5-6-16-14(3,13(15)19)11-12(2)18-9-7-17(4)8-10-18/h12,16H,5-11H2,1-4H3,(H2,15,19). The first-order valence-corrected chi connectivity index (χ1v) is 7.36. The smallest absolute Gasteiger partial charge is 0.237 e. The van der Waals surface area contributed by atoms with Gasteiger partial charge in [-0.2, -0.15) is 0 Å². The van der Waals surface area contributed by atoms with Crippen molar-refractivity contribution in [3.05, 3.63) is 0 Å². The summed E-state index contributed by atoms with van der Waals surface area (Å²) >= 11 is 0. The van der Waals surface area contributed by atoms with E-state index in [9.17, 15) is 4.79 Å². The molecule has 112 valence electrons. The Kier molecular flexibility index (Phi) is 6.23. The van der Waals surface area contributed by atoms with Crippen molar-refractivity contribution < 1.29 is 4.79 Å². The van der Waals surface area contributed by atoms with Crippen LogP contribution < -0.4 is 11.1 Å². The third-order valence-electron chi connectivity index (χ3n) is 4.17. The second-order valence-electron chi connectivity index (χ2n) is 6.02. The zero-order valence-electron chi connectivity index (χ0n) is 12.9. The number of piperazine rings is 1. The van der Waals surface area contributed by atoms with Gasteiger partial charge in [0.05, 0.1) is 5.54 Å². The Bertz CT molecular complexity index is 289. The van der Waals surface area contributed by atoms with Crippen LogP contribution in [0.15, 0.2) is 0 Å². The highest BCUT2D eigenvalue weighted by atomic mass is 16.1. The Morgan fingerprint density at radius 2 is 1.95 bits per heavy atom. The number of nitrogens with zero attached hydrogens (tertiary/aromatic N) is 2. The van der Waals surface area contributed by atoms with Gasteiger partial charge >= 0.3 is 0 Å². The number of primary amides is 1. The Labute approximate surface area is 117 Å². The van der Waals surface area contributed by atoms with E-state index in [0.717, 1.165) is 45.6 Å². The maximum absolute atomic E-state index is 11.7. The van der Waals surface area contributed by atoms with Gasteiger partial charge in [0.25, 0.3) is 0 Å². The molecule has 1 saturated heterocycles. The van der Waals surface area contributed by atoms with Crippen LogP contribution >= 0.6 is 0 Å². The predicted molar refractivity (Wildman–Crippen MR) is 79.0 cm³/mol. The van der Waals surface area contributed by atoms with Crippen LogP contribution in [-0.4, -0.2) is 67.1 Å². The monoisotopic (exact) mass is 270 g/mol. The fourth-order valence-electron chi connectivity index (χ4n) is 2.64. The molecular weight excluding hydrogens is 240 g/mol. The summed E-state index contributed by atoms with van der Waals surface area (Å²) in [5.74, 6) is -0.248. The molecule has 2 atom stereocenters. The van der Waals surface area contributed by atoms with E-state index in [1.54, 1.807) is 0 Å². The molecule has 0 saturated carbocycles. The van der Waals surface area contributed by atoms with Gasteiger partial charge in [-0.15, -0.1) is 0 Å². The van der Waals surface area contributed by atoms with E-state index in [0.29, 0.717) is 6.04 Å². The van der Waals surface area contributed by atoms with Crippen molar-refractivity contribution in [2.24, 2.45) is 5.73 Å². The van der Waals surface area contributed by atoms with Crippen LogP contribution in [0.3, 0.4) is 0 Å². The third-order valence-corrected chi connectivity index (χ3v) is 4.17. The van der Waals surface area contributed by atoms with E-state index in [2.05, 4.69) is 36.0 Å². The quantitative estimate of drug-likeness (QED) is 0.696. The molecule has 5 heteroatoms. The zero-order valence-corrected chi connectivity index (χ0v) is 12.9. The number of nitrogens with two attached hydrogens (primary N) is 1. The highest BCUT2D eigenvalue weighted by molar-refractivity contribution is 5.84. The fraction of sp³-hybridized carbons (Fsp3) is 0.929. The largest absolute Gasteiger partial charge is 0.368 e. The Hall–Kier alpha value is -0.650. The lowest BCUT2D eigenvalue weighted by Gasteiger charge is -2.40. The van der Waals surface area contributed by atoms with Crippen LogP contribution in [0.25, 0.3) is 0 Å². The Morgan fingerprint density at radius 3 is 2.42 bits per heavy atom. The van der Waals surface area contributed by atoms with Crippen LogP contribution in [-0.2, 0) is 4.79 Å². The predicted octanol–water partition coefficient (Wildman–Crippen LogP) is 0.256. The topological polar surface area (TPSA) is 61.6 Å². The zero-order chi connectivity index (χ0) is 14.5. The maximum atomic E-state index is 11.7. The molecule has 0 aliphatic carbocycles. The van der Waals surface area contributed by atoms with E-state index in [4.69, 9.17) is 5.73 Å². The van der Waals surface area contributed by atoms with Crippen LogP contribution in [0.5, 0.6) is 0 Å². The molecule has 1 rings (SSSR count). The minimum Gasteiger partial charge on any atom is -0.368 e.